The molecule has 0 aliphatic carbocycles. The van der Waals surface area contributed by atoms with Crippen LogP contribution in [-0.2, 0) is 14.3 Å². The van der Waals surface area contributed by atoms with Crippen molar-refractivity contribution < 1.29 is 23.8 Å². The highest BCUT2D eigenvalue weighted by Crippen LogP contribution is 2.44. The Labute approximate surface area is 152 Å². The number of nitrogens with one attached hydrogen (secondary N) is 1. The number of methoxy groups -OCH3 is 1. The smallest absolute Gasteiger partial charge is 0.408 e. The number of benzene rings is 1. The van der Waals surface area contributed by atoms with E-state index in [1.165, 1.54) is 11.8 Å². The molecule has 25 heavy (non-hydrogen) atoms. The highest BCUT2D eigenvalue weighted by Gasteiger charge is 2.52. The second-order valence-corrected chi connectivity index (χ2v) is 7.97. The van der Waals surface area contributed by atoms with E-state index in [2.05, 4.69) is 5.32 Å². The minimum absolute atomic E-state index is 0.322. The van der Waals surface area contributed by atoms with Crippen molar-refractivity contribution in [2.45, 2.75) is 43.6 Å². The first-order chi connectivity index (χ1) is 11.7. The SMILES string of the molecule is COc1ccc([C@H](NC(=O)OC(C)(C)C)[C@]2(SC)CCOC2=O)cc1. The molecule has 1 N–H and O–H groups in total. The van der Waals surface area contributed by atoms with Crippen LogP contribution in [0.5, 0.6) is 5.75 Å². The molecule has 2 atom stereocenters. The summed E-state index contributed by atoms with van der Waals surface area (Å²) in [6.07, 6.45) is 1.79. The summed E-state index contributed by atoms with van der Waals surface area (Å²) in [4.78, 5) is 24.8. The highest BCUT2D eigenvalue weighted by molar-refractivity contribution is 8.00. The van der Waals surface area contributed by atoms with Crippen molar-refractivity contribution in [1.29, 1.82) is 0 Å². The maximum absolute atomic E-state index is 12.5. The summed E-state index contributed by atoms with van der Waals surface area (Å²) in [5, 5.41) is 2.87. The summed E-state index contributed by atoms with van der Waals surface area (Å²) >= 11 is 1.38. The minimum Gasteiger partial charge on any atom is -0.497 e. The zero-order valence-corrected chi connectivity index (χ0v) is 16.1. The maximum atomic E-state index is 12.5. The third-order valence-corrected chi connectivity index (χ3v) is 5.33. The number of ether oxygens (including phenoxy) is 3. The lowest BCUT2D eigenvalue weighted by Gasteiger charge is -2.34. The van der Waals surface area contributed by atoms with Gasteiger partial charge in [-0.05, 0) is 44.7 Å². The Kier molecular flexibility index (Phi) is 5.87. The standard InChI is InChI=1S/C18H25NO5S/c1-17(2,3)24-16(21)19-14(12-6-8-13(22-4)9-7-12)18(25-5)10-11-23-15(18)20/h6-9,14H,10-11H2,1-5H3,(H,19,21)/t14-,18+/m0/s1. The number of amides is 1. The fourth-order valence-corrected chi connectivity index (χ4v) is 3.72. The molecule has 1 aliphatic heterocycles. The van der Waals surface area contributed by atoms with Crippen LogP contribution in [0.2, 0.25) is 0 Å². The lowest BCUT2D eigenvalue weighted by atomic mass is 9.90. The van der Waals surface area contributed by atoms with E-state index in [1.807, 2.05) is 18.4 Å². The van der Waals surface area contributed by atoms with Gasteiger partial charge in [0.2, 0.25) is 0 Å². The largest absolute Gasteiger partial charge is 0.497 e. The van der Waals surface area contributed by atoms with Gasteiger partial charge >= 0.3 is 12.1 Å². The van der Waals surface area contributed by atoms with Crippen molar-refractivity contribution in [3.63, 3.8) is 0 Å². The fourth-order valence-electron chi connectivity index (χ4n) is 2.78. The van der Waals surface area contributed by atoms with Gasteiger partial charge < -0.3 is 19.5 Å². The van der Waals surface area contributed by atoms with Crippen molar-refractivity contribution in [3.8, 4) is 5.75 Å². The van der Waals surface area contributed by atoms with Gasteiger partial charge in [-0.1, -0.05) is 12.1 Å². The van der Waals surface area contributed by atoms with Crippen LogP contribution in [-0.4, -0.2) is 42.4 Å². The van der Waals surface area contributed by atoms with Crippen LogP contribution in [0.25, 0.3) is 0 Å². The van der Waals surface area contributed by atoms with Crippen LogP contribution >= 0.6 is 11.8 Å². The monoisotopic (exact) mass is 367 g/mol. The van der Waals surface area contributed by atoms with Crippen LogP contribution in [0, 0.1) is 0 Å². The van der Waals surface area contributed by atoms with Gasteiger partial charge in [-0.25, -0.2) is 4.79 Å². The maximum Gasteiger partial charge on any atom is 0.408 e. The van der Waals surface area contributed by atoms with Gasteiger partial charge in [0.1, 0.15) is 16.1 Å². The fraction of sp³-hybridized carbons (Fsp3) is 0.556. The third-order valence-electron chi connectivity index (χ3n) is 3.99. The predicted molar refractivity (Wildman–Crippen MR) is 96.9 cm³/mol. The molecule has 1 heterocycles. The molecule has 1 saturated heterocycles. The van der Waals surface area contributed by atoms with Gasteiger partial charge in [0.05, 0.1) is 19.8 Å². The summed E-state index contributed by atoms with van der Waals surface area (Å²) in [6, 6.07) is 6.70. The van der Waals surface area contributed by atoms with Gasteiger partial charge in [0, 0.05) is 6.42 Å². The Morgan fingerprint density at radius 3 is 2.40 bits per heavy atom. The second-order valence-electron chi connectivity index (χ2n) is 6.83. The van der Waals surface area contributed by atoms with E-state index in [9.17, 15) is 9.59 Å². The van der Waals surface area contributed by atoms with Crippen molar-refractivity contribution in [3.05, 3.63) is 29.8 Å². The van der Waals surface area contributed by atoms with Crippen LogP contribution < -0.4 is 10.1 Å². The lowest BCUT2D eigenvalue weighted by Crippen LogP contribution is -2.48. The number of hydrogen-bond donors (Lipinski definition) is 1. The van der Waals surface area contributed by atoms with E-state index in [4.69, 9.17) is 14.2 Å². The van der Waals surface area contributed by atoms with Gasteiger partial charge in [-0.2, -0.15) is 0 Å². The minimum atomic E-state index is -0.883. The van der Waals surface area contributed by atoms with Crippen molar-refractivity contribution in [1.82, 2.24) is 5.32 Å². The first-order valence-corrected chi connectivity index (χ1v) is 9.30. The summed E-state index contributed by atoms with van der Waals surface area (Å²) in [5.74, 6) is 0.379. The second kappa shape index (κ2) is 7.56. The molecule has 0 aromatic heterocycles. The summed E-state index contributed by atoms with van der Waals surface area (Å²) < 4.78 is 14.9. The Balaban J connectivity index is 2.36. The molecule has 138 valence electrons. The molecule has 1 fully saturated rings. The molecular weight excluding hydrogens is 342 g/mol. The number of alkyl carbamates (subject to hydrolysis) is 1. The Bertz CT molecular complexity index is 625. The van der Waals surface area contributed by atoms with E-state index in [0.717, 1.165) is 5.56 Å². The van der Waals surface area contributed by atoms with E-state index < -0.39 is 22.5 Å². The topological polar surface area (TPSA) is 73.9 Å². The number of thioether (sulfide) groups is 1. The van der Waals surface area contributed by atoms with Crippen LogP contribution in [0.4, 0.5) is 4.79 Å². The average Bonchev–Trinajstić information content (AvgIpc) is 2.93. The third kappa shape index (κ3) is 4.39. The van der Waals surface area contributed by atoms with E-state index >= 15 is 0 Å². The predicted octanol–water partition coefficient (Wildman–Crippen LogP) is 3.31. The molecule has 0 radical (unpaired) electrons. The number of esters is 1. The number of hydrogen-bond acceptors (Lipinski definition) is 6. The molecule has 7 heteroatoms. The summed E-state index contributed by atoms with van der Waals surface area (Å²) in [6.45, 7) is 5.72. The first kappa shape index (κ1) is 19.4. The van der Waals surface area contributed by atoms with E-state index in [0.29, 0.717) is 18.8 Å². The van der Waals surface area contributed by atoms with Gasteiger partial charge in [-0.15, -0.1) is 11.8 Å². The van der Waals surface area contributed by atoms with E-state index in [1.54, 1.807) is 40.0 Å². The highest BCUT2D eigenvalue weighted by atomic mass is 32.2. The Morgan fingerprint density at radius 1 is 1.32 bits per heavy atom. The zero-order chi connectivity index (χ0) is 18.7. The molecular formula is C18H25NO5S. The lowest BCUT2D eigenvalue weighted by molar-refractivity contribution is -0.140. The van der Waals surface area contributed by atoms with Gasteiger partial charge in [-0.3, -0.25) is 4.79 Å². The van der Waals surface area contributed by atoms with Crippen LogP contribution in [0.3, 0.4) is 0 Å². The van der Waals surface area contributed by atoms with Gasteiger partial charge in [0.25, 0.3) is 0 Å². The Morgan fingerprint density at radius 2 is 1.96 bits per heavy atom. The summed E-state index contributed by atoms with van der Waals surface area (Å²) in [7, 11) is 1.59. The van der Waals surface area contributed by atoms with Crippen molar-refractivity contribution >= 4 is 23.8 Å². The molecule has 1 amide bonds. The average molecular weight is 367 g/mol. The Hall–Kier alpha value is -1.89. The van der Waals surface area contributed by atoms with Crippen molar-refractivity contribution in [2.24, 2.45) is 0 Å². The van der Waals surface area contributed by atoms with Gasteiger partial charge in [0.15, 0.2) is 0 Å². The normalized spacial score (nSPS) is 21.4. The van der Waals surface area contributed by atoms with Crippen molar-refractivity contribution in [2.75, 3.05) is 20.0 Å². The molecule has 1 aliphatic rings. The number of carbonyl (C=O) groups is 2. The number of rotatable bonds is 5. The molecule has 1 aromatic carbocycles. The quantitative estimate of drug-likeness (QED) is 0.805. The van der Waals surface area contributed by atoms with Crippen LogP contribution in [0.1, 0.15) is 38.8 Å². The number of cyclic esters (lactones) is 1. The molecule has 0 bridgehead atoms. The number of carbonyl (C=O) groups excluding carboxylic acids is 2. The van der Waals surface area contributed by atoms with E-state index in [-0.39, 0.29) is 5.97 Å². The molecule has 0 spiro atoms. The molecule has 0 saturated carbocycles. The zero-order valence-electron chi connectivity index (χ0n) is 15.3. The van der Waals surface area contributed by atoms with Crippen LogP contribution in [0.15, 0.2) is 24.3 Å². The summed E-state index contributed by atoms with van der Waals surface area (Å²) in [5.41, 5.74) is 0.164. The first-order valence-electron chi connectivity index (χ1n) is 8.07. The molecule has 0 unspecified atom stereocenters. The molecule has 1 aromatic rings. The molecule has 6 nitrogen and oxygen atoms in total. The molecule has 2 rings (SSSR count).